The van der Waals surface area contributed by atoms with Crippen molar-refractivity contribution in [1.29, 1.82) is 0 Å². The first-order valence-corrected chi connectivity index (χ1v) is 8.26. The largest absolute Gasteiger partial charge is 0.324 e. The molecule has 1 aromatic heterocycles. The normalized spacial score (nSPS) is 30.3. The van der Waals surface area contributed by atoms with Gasteiger partial charge in [-0.1, -0.05) is 13.8 Å². The first-order chi connectivity index (χ1) is 9.65. The summed E-state index contributed by atoms with van der Waals surface area (Å²) in [5.41, 5.74) is 8.56. The maximum absolute atomic E-state index is 6.15. The molecule has 2 N–H and O–H groups in total. The van der Waals surface area contributed by atoms with Crippen molar-refractivity contribution in [3.63, 3.8) is 0 Å². The highest BCUT2D eigenvalue weighted by molar-refractivity contribution is 5.24. The molecule has 3 nitrogen and oxygen atoms in total. The summed E-state index contributed by atoms with van der Waals surface area (Å²) in [6.45, 7) is 4.70. The lowest BCUT2D eigenvalue weighted by atomic mass is 9.76. The molecule has 20 heavy (non-hydrogen) atoms. The minimum Gasteiger partial charge on any atom is -0.324 e. The van der Waals surface area contributed by atoms with Crippen LogP contribution in [0.5, 0.6) is 0 Å². The van der Waals surface area contributed by atoms with Gasteiger partial charge in [0.05, 0.1) is 0 Å². The Morgan fingerprint density at radius 3 is 2.60 bits per heavy atom. The lowest BCUT2D eigenvalue weighted by Crippen LogP contribution is -2.22. The van der Waals surface area contributed by atoms with E-state index in [-0.39, 0.29) is 6.04 Å². The van der Waals surface area contributed by atoms with Crippen LogP contribution in [0.25, 0.3) is 0 Å². The van der Waals surface area contributed by atoms with E-state index >= 15 is 0 Å². The van der Waals surface area contributed by atoms with Crippen molar-refractivity contribution >= 4 is 0 Å². The molecular weight excluding hydrogens is 246 g/mol. The van der Waals surface area contributed by atoms with Crippen molar-refractivity contribution in [2.45, 2.75) is 70.8 Å². The van der Waals surface area contributed by atoms with E-state index in [0.29, 0.717) is 5.92 Å². The Bertz CT molecular complexity index is 461. The quantitative estimate of drug-likeness (QED) is 0.893. The van der Waals surface area contributed by atoms with Gasteiger partial charge in [-0.25, -0.2) is 9.97 Å². The number of aryl methyl sites for hydroxylation is 1. The average Bonchev–Trinajstić information content (AvgIpc) is 2.47. The van der Waals surface area contributed by atoms with E-state index in [4.69, 9.17) is 10.7 Å². The zero-order chi connectivity index (χ0) is 14.1. The first kappa shape index (κ1) is 14.0. The summed E-state index contributed by atoms with van der Waals surface area (Å²) in [5.74, 6) is 3.38. The minimum atomic E-state index is 0.157. The van der Waals surface area contributed by atoms with Crippen LogP contribution < -0.4 is 5.73 Å². The van der Waals surface area contributed by atoms with Gasteiger partial charge < -0.3 is 5.73 Å². The van der Waals surface area contributed by atoms with Gasteiger partial charge >= 0.3 is 0 Å². The summed E-state index contributed by atoms with van der Waals surface area (Å²) >= 11 is 0. The van der Waals surface area contributed by atoms with Gasteiger partial charge in [-0.05, 0) is 56.8 Å². The molecule has 0 radical (unpaired) electrons. The Morgan fingerprint density at radius 2 is 1.90 bits per heavy atom. The van der Waals surface area contributed by atoms with Crippen LogP contribution in [0.4, 0.5) is 0 Å². The summed E-state index contributed by atoms with van der Waals surface area (Å²) in [6.07, 6.45) is 10.5. The van der Waals surface area contributed by atoms with Crippen molar-refractivity contribution in [3.8, 4) is 0 Å². The Morgan fingerprint density at radius 1 is 1.15 bits per heavy atom. The van der Waals surface area contributed by atoms with Gasteiger partial charge in [0.25, 0.3) is 0 Å². The summed E-state index contributed by atoms with van der Waals surface area (Å²) in [5, 5.41) is 0. The van der Waals surface area contributed by atoms with Crippen LogP contribution in [0.15, 0.2) is 6.20 Å². The van der Waals surface area contributed by atoms with Crippen LogP contribution in [0.1, 0.15) is 81.4 Å². The number of hydrogen-bond donors (Lipinski definition) is 1. The van der Waals surface area contributed by atoms with Crippen molar-refractivity contribution in [1.82, 2.24) is 9.97 Å². The Hall–Kier alpha value is -0.960. The fourth-order valence-electron chi connectivity index (χ4n) is 3.84. The van der Waals surface area contributed by atoms with Crippen LogP contribution in [-0.2, 0) is 6.42 Å². The third-order valence-electron chi connectivity index (χ3n) is 5.33. The topological polar surface area (TPSA) is 51.8 Å². The Balaban J connectivity index is 1.72. The highest BCUT2D eigenvalue weighted by Crippen LogP contribution is 2.38. The molecule has 2 aliphatic carbocycles. The van der Waals surface area contributed by atoms with E-state index in [2.05, 4.69) is 18.8 Å². The lowest BCUT2D eigenvalue weighted by molar-refractivity contribution is 0.254. The highest BCUT2D eigenvalue weighted by atomic mass is 14.9. The molecule has 0 amide bonds. The fourth-order valence-corrected chi connectivity index (χ4v) is 3.84. The van der Waals surface area contributed by atoms with Crippen LogP contribution >= 0.6 is 0 Å². The van der Waals surface area contributed by atoms with E-state index in [1.54, 1.807) is 0 Å². The third kappa shape index (κ3) is 2.73. The molecule has 0 saturated heterocycles. The van der Waals surface area contributed by atoms with Crippen molar-refractivity contribution in [3.05, 3.63) is 23.3 Å². The third-order valence-corrected chi connectivity index (χ3v) is 5.33. The molecule has 1 heterocycles. The van der Waals surface area contributed by atoms with Gasteiger partial charge in [-0.15, -0.1) is 0 Å². The van der Waals surface area contributed by atoms with E-state index in [1.807, 2.05) is 6.20 Å². The summed E-state index contributed by atoms with van der Waals surface area (Å²) in [4.78, 5) is 9.51. The highest BCUT2D eigenvalue weighted by Gasteiger charge is 2.27. The minimum absolute atomic E-state index is 0.157. The van der Waals surface area contributed by atoms with Crippen LogP contribution in [-0.4, -0.2) is 9.97 Å². The monoisotopic (exact) mass is 273 g/mol. The molecule has 1 atom stereocenters. The van der Waals surface area contributed by atoms with Gasteiger partial charge in [0, 0.05) is 29.4 Å². The molecule has 1 aromatic rings. The van der Waals surface area contributed by atoms with Crippen molar-refractivity contribution in [2.24, 2.45) is 17.6 Å². The number of aromatic nitrogens is 2. The van der Waals surface area contributed by atoms with Gasteiger partial charge in [0.1, 0.15) is 5.82 Å². The molecule has 0 bridgehead atoms. The van der Waals surface area contributed by atoms with E-state index in [0.717, 1.165) is 30.5 Å². The molecule has 0 aliphatic heterocycles. The second kappa shape index (κ2) is 5.80. The smallest absolute Gasteiger partial charge is 0.131 e. The number of nitrogens with two attached hydrogens (primary N) is 1. The summed E-state index contributed by atoms with van der Waals surface area (Å²) in [7, 11) is 0. The van der Waals surface area contributed by atoms with Crippen LogP contribution in [0.3, 0.4) is 0 Å². The molecule has 0 aromatic carbocycles. The molecule has 3 heteroatoms. The maximum atomic E-state index is 6.15. The summed E-state index contributed by atoms with van der Waals surface area (Å²) < 4.78 is 0. The standard InChI is InChI=1S/C17H27N3/c1-11(2)12-6-8-13(9-7-12)17-19-10-14-15(18)4-3-5-16(14)20-17/h10-13,15H,3-9,18H2,1-2H3. The number of fused-ring (bicyclic) bond motifs is 1. The van der Waals surface area contributed by atoms with E-state index in [9.17, 15) is 0 Å². The van der Waals surface area contributed by atoms with Gasteiger partial charge in [-0.3, -0.25) is 0 Å². The number of rotatable bonds is 2. The number of hydrogen-bond acceptors (Lipinski definition) is 3. The maximum Gasteiger partial charge on any atom is 0.131 e. The van der Waals surface area contributed by atoms with Crippen LogP contribution in [0.2, 0.25) is 0 Å². The lowest BCUT2D eigenvalue weighted by Gasteiger charge is -2.30. The van der Waals surface area contributed by atoms with Gasteiger partial charge in [0.2, 0.25) is 0 Å². The van der Waals surface area contributed by atoms with E-state index < -0.39 is 0 Å². The van der Waals surface area contributed by atoms with Gasteiger partial charge in [-0.2, -0.15) is 0 Å². The Labute approximate surface area is 122 Å². The Kier molecular flexibility index (Phi) is 4.06. The molecule has 3 rings (SSSR count). The molecule has 0 spiro atoms. The summed E-state index contributed by atoms with van der Waals surface area (Å²) in [6, 6.07) is 0.157. The fraction of sp³-hybridized carbons (Fsp3) is 0.765. The van der Waals surface area contributed by atoms with Gasteiger partial charge in [0.15, 0.2) is 0 Å². The molecular formula is C17H27N3. The molecule has 2 aliphatic rings. The number of nitrogens with zero attached hydrogens (tertiary/aromatic N) is 2. The second-order valence-corrected chi connectivity index (χ2v) is 6.98. The predicted molar refractivity (Wildman–Crippen MR) is 81.4 cm³/mol. The molecule has 110 valence electrons. The molecule has 1 unspecified atom stereocenters. The SMILES string of the molecule is CC(C)C1CCC(c2ncc3c(n2)CCCC3N)CC1. The zero-order valence-electron chi connectivity index (χ0n) is 12.8. The van der Waals surface area contributed by atoms with Crippen molar-refractivity contribution in [2.75, 3.05) is 0 Å². The molecule has 1 fully saturated rings. The van der Waals surface area contributed by atoms with E-state index in [1.165, 1.54) is 43.4 Å². The first-order valence-electron chi connectivity index (χ1n) is 8.26. The van der Waals surface area contributed by atoms with Crippen LogP contribution in [0, 0.1) is 11.8 Å². The predicted octanol–water partition coefficient (Wildman–Crippen LogP) is 3.74. The molecule has 1 saturated carbocycles. The van der Waals surface area contributed by atoms with Crippen molar-refractivity contribution < 1.29 is 0 Å². The average molecular weight is 273 g/mol. The zero-order valence-corrected chi connectivity index (χ0v) is 12.8. The second-order valence-electron chi connectivity index (χ2n) is 6.98.